The minimum Gasteiger partial charge on any atom is -0.493 e. The molecule has 1 heterocycles. The molecule has 0 radical (unpaired) electrons. The molecule has 0 aliphatic heterocycles. The molecule has 1 aromatic heterocycles. The Morgan fingerprint density at radius 1 is 1.10 bits per heavy atom. The molecule has 4 nitrogen and oxygen atoms in total. The summed E-state index contributed by atoms with van der Waals surface area (Å²) in [5.74, 6) is 0.790. The third-order valence-electron chi connectivity index (χ3n) is 3.90. The Bertz CT molecular complexity index is 688. The molecule has 0 unspecified atom stereocenters. The number of ether oxygens (including phenoxy) is 1. The van der Waals surface area contributed by atoms with Crippen molar-refractivity contribution in [1.29, 1.82) is 0 Å². The smallest absolute Gasteiger partial charge is 0.339 e. The van der Waals surface area contributed by atoms with E-state index in [4.69, 9.17) is 9.15 Å². The molecule has 1 N–H and O–H groups in total. The topological polar surface area (TPSA) is 51.5 Å². The molecule has 2 aromatic rings. The van der Waals surface area contributed by atoms with E-state index >= 15 is 0 Å². The van der Waals surface area contributed by atoms with Crippen LogP contribution in [-0.4, -0.2) is 20.2 Å². The van der Waals surface area contributed by atoms with Crippen LogP contribution in [0.1, 0.15) is 29.5 Å². The van der Waals surface area contributed by atoms with Crippen molar-refractivity contribution in [1.82, 2.24) is 5.32 Å². The van der Waals surface area contributed by atoms with E-state index in [1.807, 2.05) is 33.0 Å². The summed E-state index contributed by atoms with van der Waals surface area (Å²) >= 11 is 0. The molecule has 21 heavy (non-hydrogen) atoms. The predicted molar refractivity (Wildman–Crippen MR) is 85.4 cm³/mol. The first-order valence-electron chi connectivity index (χ1n) is 7.37. The van der Waals surface area contributed by atoms with Crippen molar-refractivity contribution in [2.75, 3.05) is 20.2 Å². The molecule has 2 rings (SSSR count). The molecule has 0 fully saturated rings. The Morgan fingerprint density at radius 2 is 1.86 bits per heavy atom. The molecule has 0 spiro atoms. The standard InChI is InChI=1S/C17H23NO3/c1-11-12(2)17(19)21-16-13(3)15(8-7-14(11)16)20-10-6-5-9-18-4/h7-8,18H,5-6,9-10H2,1-4H3. The van der Waals surface area contributed by atoms with Gasteiger partial charge in [-0.05, 0) is 64.9 Å². The molecule has 0 aliphatic rings. The van der Waals surface area contributed by atoms with E-state index in [-0.39, 0.29) is 5.63 Å². The normalized spacial score (nSPS) is 11.0. The van der Waals surface area contributed by atoms with Gasteiger partial charge in [-0.25, -0.2) is 4.79 Å². The second-order valence-corrected chi connectivity index (χ2v) is 5.36. The summed E-state index contributed by atoms with van der Waals surface area (Å²) in [5, 5.41) is 4.09. The lowest BCUT2D eigenvalue weighted by molar-refractivity contribution is 0.304. The van der Waals surface area contributed by atoms with E-state index < -0.39 is 0 Å². The van der Waals surface area contributed by atoms with Gasteiger partial charge in [0.15, 0.2) is 0 Å². The van der Waals surface area contributed by atoms with Crippen molar-refractivity contribution >= 4 is 11.0 Å². The number of rotatable bonds is 6. The molecule has 114 valence electrons. The summed E-state index contributed by atoms with van der Waals surface area (Å²) in [7, 11) is 1.95. The number of unbranched alkanes of at least 4 members (excludes halogenated alkanes) is 1. The minimum absolute atomic E-state index is 0.269. The molecule has 1 aromatic carbocycles. The van der Waals surface area contributed by atoms with Gasteiger partial charge in [-0.2, -0.15) is 0 Å². The molecular formula is C17H23NO3. The van der Waals surface area contributed by atoms with Crippen molar-refractivity contribution in [3.05, 3.63) is 39.2 Å². The van der Waals surface area contributed by atoms with Crippen LogP contribution in [0.4, 0.5) is 0 Å². The van der Waals surface area contributed by atoms with Crippen molar-refractivity contribution in [2.24, 2.45) is 0 Å². The summed E-state index contributed by atoms with van der Waals surface area (Å²) in [6, 6.07) is 3.93. The first-order valence-corrected chi connectivity index (χ1v) is 7.37. The highest BCUT2D eigenvalue weighted by Crippen LogP contribution is 2.29. The Kier molecular flexibility index (Phi) is 5.02. The summed E-state index contributed by atoms with van der Waals surface area (Å²) in [5.41, 5.74) is 2.90. The third kappa shape index (κ3) is 3.27. The second kappa shape index (κ2) is 6.76. The van der Waals surface area contributed by atoms with E-state index in [1.54, 1.807) is 6.92 Å². The van der Waals surface area contributed by atoms with Crippen LogP contribution in [0.25, 0.3) is 11.0 Å². The lowest BCUT2D eigenvalue weighted by Gasteiger charge is -2.12. The first kappa shape index (κ1) is 15.6. The lowest BCUT2D eigenvalue weighted by Crippen LogP contribution is -2.09. The fourth-order valence-electron chi connectivity index (χ4n) is 2.37. The van der Waals surface area contributed by atoms with E-state index in [9.17, 15) is 4.79 Å². The largest absolute Gasteiger partial charge is 0.493 e. The van der Waals surface area contributed by atoms with E-state index in [2.05, 4.69) is 5.32 Å². The minimum atomic E-state index is -0.269. The maximum absolute atomic E-state index is 11.8. The van der Waals surface area contributed by atoms with Crippen LogP contribution in [0.5, 0.6) is 5.75 Å². The highest BCUT2D eigenvalue weighted by Gasteiger charge is 2.12. The van der Waals surface area contributed by atoms with Crippen molar-refractivity contribution in [3.63, 3.8) is 0 Å². The monoisotopic (exact) mass is 289 g/mol. The molecular weight excluding hydrogens is 266 g/mol. The van der Waals surface area contributed by atoms with Crippen LogP contribution >= 0.6 is 0 Å². The van der Waals surface area contributed by atoms with Gasteiger partial charge in [-0.3, -0.25) is 0 Å². The van der Waals surface area contributed by atoms with Crippen molar-refractivity contribution in [2.45, 2.75) is 33.6 Å². The Morgan fingerprint density at radius 3 is 2.57 bits per heavy atom. The zero-order valence-corrected chi connectivity index (χ0v) is 13.2. The summed E-state index contributed by atoms with van der Waals surface area (Å²) < 4.78 is 11.3. The van der Waals surface area contributed by atoms with Gasteiger partial charge < -0.3 is 14.5 Å². The number of fused-ring (bicyclic) bond motifs is 1. The number of benzene rings is 1. The van der Waals surface area contributed by atoms with E-state index in [1.165, 1.54) is 0 Å². The molecule has 0 bridgehead atoms. The molecule has 0 amide bonds. The second-order valence-electron chi connectivity index (χ2n) is 5.36. The van der Waals surface area contributed by atoms with Crippen LogP contribution in [0, 0.1) is 20.8 Å². The van der Waals surface area contributed by atoms with Crippen LogP contribution < -0.4 is 15.7 Å². The number of hydrogen-bond donors (Lipinski definition) is 1. The maximum Gasteiger partial charge on any atom is 0.339 e. The Hall–Kier alpha value is -1.81. The van der Waals surface area contributed by atoms with Gasteiger partial charge in [0.05, 0.1) is 6.61 Å². The predicted octanol–water partition coefficient (Wildman–Crippen LogP) is 3.10. The number of nitrogens with one attached hydrogen (secondary N) is 1. The molecule has 0 aliphatic carbocycles. The van der Waals surface area contributed by atoms with Crippen LogP contribution in [0.15, 0.2) is 21.3 Å². The van der Waals surface area contributed by atoms with Crippen molar-refractivity contribution < 1.29 is 9.15 Å². The fraction of sp³-hybridized carbons (Fsp3) is 0.471. The van der Waals surface area contributed by atoms with E-state index in [0.717, 1.165) is 41.6 Å². The first-order chi connectivity index (χ1) is 10.1. The average molecular weight is 289 g/mol. The summed E-state index contributed by atoms with van der Waals surface area (Å²) in [6.45, 7) is 7.34. The third-order valence-corrected chi connectivity index (χ3v) is 3.90. The highest BCUT2D eigenvalue weighted by atomic mass is 16.5. The lowest BCUT2D eigenvalue weighted by atomic mass is 10.0. The van der Waals surface area contributed by atoms with Gasteiger partial charge >= 0.3 is 5.63 Å². The van der Waals surface area contributed by atoms with E-state index in [0.29, 0.717) is 17.8 Å². The molecule has 0 saturated heterocycles. The summed E-state index contributed by atoms with van der Waals surface area (Å²) in [4.78, 5) is 11.8. The zero-order chi connectivity index (χ0) is 15.4. The molecule has 0 saturated carbocycles. The SMILES string of the molecule is CNCCCCOc1ccc2c(C)c(C)c(=O)oc2c1C. The van der Waals surface area contributed by atoms with Gasteiger partial charge in [-0.1, -0.05) is 0 Å². The van der Waals surface area contributed by atoms with Gasteiger partial charge in [0.2, 0.25) is 0 Å². The van der Waals surface area contributed by atoms with Gasteiger partial charge in [0.25, 0.3) is 0 Å². The zero-order valence-electron chi connectivity index (χ0n) is 13.2. The highest BCUT2D eigenvalue weighted by molar-refractivity contribution is 5.85. The maximum atomic E-state index is 11.8. The fourth-order valence-corrected chi connectivity index (χ4v) is 2.37. The Labute approximate surface area is 125 Å². The quantitative estimate of drug-likeness (QED) is 0.656. The number of hydrogen-bond acceptors (Lipinski definition) is 4. The van der Waals surface area contributed by atoms with Crippen LogP contribution in [0.3, 0.4) is 0 Å². The number of aryl methyl sites for hydroxylation is 2. The molecule has 4 heteroatoms. The Balaban J connectivity index is 2.26. The van der Waals surface area contributed by atoms with Gasteiger partial charge in [0, 0.05) is 16.5 Å². The average Bonchev–Trinajstić information content (AvgIpc) is 2.47. The summed E-state index contributed by atoms with van der Waals surface area (Å²) in [6.07, 6.45) is 2.08. The van der Waals surface area contributed by atoms with Crippen LogP contribution in [0.2, 0.25) is 0 Å². The van der Waals surface area contributed by atoms with Crippen molar-refractivity contribution in [3.8, 4) is 5.75 Å². The van der Waals surface area contributed by atoms with Crippen LogP contribution in [-0.2, 0) is 0 Å². The molecule has 0 atom stereocenters. The van der Waals surface area contributed by atoms with Gasteiger partial charge in [-0.15, -0.1) is 0 Å². The van der Waals surface area contributed by atoms with Gasteiger partial charge in [0.1, 0.15) is 11.3 Å².